The number of sulfone groups is 1. The van der Waals surface area contributed by atoms with Crippen LogP contribution in [-0.4, -0.2) is 54.2 Å². The summed E-state index contributed by atoms with van der Waals surface area (Å²) in [6.07, 6.45) is 5.73. The molecular weight excluding hydrogens is 402 g/mol. The first-order valence-electron chi connectivity index (χ1n) is 10.0. The fourth-order valence-electron chi connectivity index (χ4n) is 4.13. The van der Waals surface area contributed by atoms with Crippen LogP contribution in [0.4, 0.5) is 5.82 Å². The number of morpholine rings is 1. The van der Waals surface area contributed by atoms with Crippen LogP contribution in [0.2, 0.25) is 0 Å². The maximum atomic E-state index is 12.9. The predicted molar refractivity (Wildman–Crippen MR) is 115 cm³/mol. The monoisotopic (exact) mass is 425 g/mol. The van der Waals surface area contributed by atoms with Crippen molar-refractivity contribution in [2.45, 2.75) is 31.6 Å². The molecule has 30 heavy (non-hydrogen) atoms. The Morgan fingerprint density at radius 2 is 2.13 bits per heavy atom. The van der Waals surface area contributed by atoms with Crippen molar-refractivity contribution in [1.29, 1.82) is 0 Å². The minimum atomic E-state index is -3.40. The summed E-state index contributed by atoms with van der Waals surface area (Å²) in [7, 11) is -3.40. The van der Waals surface area contributed by atoms with Gasteiger partial charge in [0.25, 0.3) is 0 Å². The van der Waals surface area contributed by atoms with Crippen LogP contribution in [-0.2, 0) is 14.6 Å². The molecule has 0 radical (unpaired) electrons. The Morgan fingerprint density at radius 1 is 1.27 bits per heavy atom. The zero-order valence-electron chi connectivity index (χ0n) is 16.9. The van der Waals surface area contributed by atoms with E-state index in [2.05, 4.69) is 21.8 Å². The normalized spacial score (nSPS) is 23.7. The number of ether oxygens (including phenoxy) is 1. The summed E-state index contributed by atoms with van der Waals surface area (Å²) in [6.45, 7) is 5.64. The van der Waals surface area contributed by atoms with Gasteiger partial charge in [-0.2, -0.15) is 0 Å². The van der Waals surface area contributed by atoms with E-state index >= 15 is 0 Å². The molecule has 3 aromatic rings. The molecule has 0 aliphatic carbocycles. The number of hydrogen-bond donors (Lipinski definition) is 1. The Bertz CT molecular complexity index is 1250. The fourth-order valence-corrected chi connectivity index (χ4v) is 5.69. The Morgan fingerprint density at radius 3 is 2.90 bits per heavy atom. The number of allylic oxidation sites excluding steroid dienone is 2. The molecular formula is C21H23N5O3S. The second-order valence-electron chi connectivity index (χ2n) is 7.77. The van der Waals surface area contributed by atoms with Gasteiger partial charge in [0.15, 0.2) is 15.7 Å². The lowest BCUT2D eigenvalue weighted by atomic mass is 10.1. The van der Waals surface area contributed by atoms with Crippen LogP contribution < -0.4 is 4.90 Å². The van der Waals surface area contributed by atoms with Gasteiger partial charge in [0, 0.05) is 40.9 Å². The number of rotatable bonds is 3. The van der Waals surface area contributed by atoms with Crippen molar-refractivity contribution < 1.29 is 13.2 Å². The minimum absolute atomic E-state index is 0.138. The lowest BCUT2D eigenvalue weighted by Gasteiger charge is -2.34. The molecule has 0 aromatic carbocycles. The molecule has 2 aliphatic heterocycles. The van der Waals surface area contributed by atoms with Gasteiger partial charge in [0.05, 0.1) is 24.9 Å². The van der Waals surface area contributed by atoms with Gasteiger partial charge >= 0.3 is 0 Å². The number of aromatic amines is 1. The molecule has 0 bridgehead atoms. The number of anilines is 1. The number of fused-ring (bicyclic) bond motifs is 1. The standard InChI is InChI=1S/C21H23N5O3S/c1-13-12-29-10-9-26(13)19-11-17(18-4-3-14(2)30(18,27)28)24-21(25-19)16-6-8-23-20-15(16)5-7-22-20/h3,5-8,11,13,18H,4,9-10,12H2,1-2H3,(H,22,23). The van der Waals surface area contributed by atoms with E-state index in [-0.39, 0.29) is 6.04 Å². The quantitative estimate of drug-likeness (QED) is 0.688. The summed E-state index contributed by atoms with van der Waals surface area (Å²) in [5.74, 6) is 1.24. The number of H-pyrrole nitrogens is 1. The molecule has 1 N–H and O–H groups in total. The summed E-state index contributed by atoms with van der Waals surface area (Å²) < 4.78 is 31.3. The molecule has 3 aromatic heterocycles. The van der Waals surface area contributed by atoms with Crippen molar-refractivity contribution in [1.82, 2.24) is 19.9 Å². The molecule has 8 nitrogen and oxygen atoms in total. The SMILES string of the molecule is CC1=CCC(c2cc(N3CCOCC3C)nc(-c3ccnc4[nH]ccc34)n2)S1(=O)=O. The topological polar surface area (TPSA) is 101 Å². The van der Waals surface area contributed by atoms with Crippen molar-refractivity contribution in [3.05, 3.63) is 47.3 Å². The number of aromatic nitrogens is 4. The van der Waals surface area contributed by atoms with E-state index in [1.807, 2.05) is 24.4 Å². The Kier molecular flexibility index (Phi) is 4.59. The van der Waals surface area contributed by atoms with Crippen LogP contribution in [0, 0.1) is 0 Å². The van der Waals surface area contributed by atoms with E-state index in [1.54, 1.807) is 19.2 Å². The Balaban J connectivity index is 1.69. The van der Waals surface area contributed by atoms with Crippen LogP contribution >= 0.6 is 0 Å². The molecule has 156 valence electrons. The average Bonchev–Trinajstić information content (AvgIpc) is 3.32. The molecule has 0 spiro atoms. The van der Waals surface area contributed by atoms with Gasteiger partial charge in [-0.15, -0.1) is 0 Å². The molecule has 0 amide bonds. The van der Waals surface area contributed by atoms with Crippen LogP contribution in [0.3, 0.4) is 0 Å². The van der Waals surface area contributed by atoms with Crippen LogP contribution in [0.25, 0.3) is 22.4 Å². The van der Waals surface area contributed by atoms with Crippen molar-refractivity contribution in [3.63, 3.8) is 0 Å². The molecule has 2 atom stereocenters. The van der Waals surface area contributed by atoms with Gasteiger partial charge in [-0.05, 0) is 32.4 Å². The van der Waals surface area contributed by atoms with E-state index in [9.17, 15) is 8.42 Å². The van der Waals surface area contributed by atoms with E-state index < -0.39 is 15.1 Å². The number of hydrogen-bond acceptors (Lipinski definition) is 7. The minimum Gasteiger partial charge on any atom is -0.377 e. The van der Waals surface area contributed by atoms with Crippen LogP contribution in [0.5, 0.6) is 0 Å². The first-order valence-corrected chi connectivity index (χ1v) is 11.6. The highest BCUT2D eigenvalue weighted by molar-refractivity contribution is 7.95. The lowest BCUT2D eigenvalue weighted by Crippen LogP contribution is -2.44. The maximum Gasteiger partial charge on any atom is 0.182 e. The molecule has 1 saturated heterocycles. The molecule has 9 heteroatoms. The van der Waals surface area contributed by atoms with Gasteiger partial charge in [-0.1, -0.05) is 6.08 Å². The maximum absolute atomic E-state index is 12.9. The van der Waals surface area contributed by atoms with E-state index in [4.69, 9.17) is 14.7 Å². The summed E-state index contributed by atoms with van der Waals surface area (Å²) in [6, 6.07) is 5.77. The summed E-state index contributed by atoms with van der Waals surface area (Å²) in [4.78, 5) is 19.6. The fraction of sp³-hybridized carbons (Fsp3) is 0.381. The predicted octanol–water partition coefficient (Wildman–Crippen LogP) is 3.01. The summed E-state index contributed by atoms with van der Waals surface area (Å²) in [5, 5.41) is 0.220. The number of nitrogens with one attached hydrogen (secondary N) is 1. The second-order valence-corrected chi connectivity index (χ2v) is 10.1. The zero-order chi connectivity index (χ0) is 20.9. The summed E-state index contributed by atoms with van der Waals surface area (Å²) in [5.41, 5.74) is 2.10. The van der Waals surface area contributed by atoms with Gasteiger partial charge < -0.3 is 14.6 Å². The molecule has 5 heterocycles. The van der Waals surface area contributed by atoms with Crippen LogP contribution in [0.1, 0.15) is 31.2 Å². The van der Waals surface area contributed by atoms with Gasteiger partial charge in [0.2, 0.25) is 0 Å². The second kappa shape index (κ2) is 7.17. The first-order chi connectivity index (χ1) is 14.4. The third kappa shape index (κ3) is 3.09. The van der Waals surface area contributed by atoms with E-state index in [0.717, 1.165) is 22.4 Å². The molecule has 0 saturated carbocycles. The third-order valence-corrected chi connectivity index (χ3v) is 8.12. The Hall–Kier alpha value is -2.78. The molecule has 5 rings (SSSR count). The average molecular weight is 426 g/mol. The van der Waals surface area contributed by atoms with Crippen molar-refractivity contribution in [2.75, 3.05) is 24.7 Å². The van der Waals surface area contributed by atoms with E-state index in [1.165, 1.54) is 0 Å². The first kappa shape index (κ1) is 19.2. The van der Waals surface area contributed by atoms with Crippen molar-refractivity contribution in [2.24, 2.45) is 0 Å². The highest BCUT2D eigenvalue weighted by atomic mass is 32.2. The van der Waals surface area contributed by atoms with Gasteiger partial charge in [-0.25, -0.2) is 23.4 Å². The lowest BCUT2D eigenvalue weighted by molar-refractivity contribution is 0.0985. The van der Waals surface area contributed by atoms with Crippen molar-refractivity contribution in [3.8, 4) is 11.4 Å². The molecule has 2 aliphatic rings. The highest BCUT2D eigenvalue weighted by Gasteiger charge is 2.35. The van der Waals surface area contributed by atoms with Gasteiger partial charge in [0.1, 0.15) is 16.7 Å². The number of nitrogens with zero attached hydrogens (tertiary/aromatic N) is 4. The largest absolute Gasteiger partial charge is 0.377 e. The summed E-state index contributed by atoms with van der Waals surface area (Å²) >= 11 is 0. The molecule has 2 unspecified atom stereocenters. The number of pyridine rings is 1. The Labute approximate surface area is 174 Å². The van der Waals surface area contributed by atoms with Crippen LogP contribution in [0.15, 0.2) is 41.6 Å². The van der Waals surface area contributed by atoms with E-state index in [0.29, 0.717) is 42.6 Å². The smallest absolute Gasteiger partial charge is 0.182 e. The molecule has 1 fully saturated rings. The zero-order valence-corrected chi connectivity index (χ0v) is 17.7. The van der Waals surface area contributed by atoms with Gasteiger partial charge in [-0.3, -0.25) is 0 Å². The highest BCUT2D eigenvalue weighted by Crippen LogP contribution is 2.39. The van der Waals surface area contributed by atoms with Crippen molar-refractivity contribution >= 4 is 26.7 Å². The third-order valence-electron chi connectivity index (χ3n) is 5.87.